The maximum absolute atomic E-state index is 6.93. The highest BCUT2D eigenvalue weighted by Gasteiger charge is 2.27. The summed E-state index contributed by atoms with van der Waals surface area (Å²) in [4.78, 5) is 15.5. The molecule has 8 aromatic carbocycles. The van der Waals surface area contributed by atoms with Crippen molar-refractivity contribution in [3.8, 4) is 90.2 Å². The van der Waals surface area contributed by atoms with Gasteiger partial charge in [0.15, 0.2) is 17.5 Å². The SMILES string of the molecule is c1ccc(-c2cc(-c3nc(-c4ccccc4)nc(-c4ccccc4)n3)c(-c3ccccc3)c(-c3cccc4c3Oc3cccc5cccc-4c35)c2)cc1. The molecule has 2 heterocycles. The number of benzene rings is 8. The Balaban J connectivity index is 1.31. The Bertz CT molecular complexity index is 2720. The molecule has 0 saturated heterocycles. The lowest BCUT2D eigenvalue weighted by Gasteiger charge is -2.25. The second-order valence-electron chi connectivity index (χ2n) is 13.2. The molecular formula is C49H31N3O. The molecule has 9 aromatic rings. The van der Waals surface area contributed by atoms with Crippen molar-refractivity contribution >= 4 is 10.8 Å². The summed E-state index contributed by atoms with van der Waals surface area (Å²) in [6.07, 6.45) is 0. The molecule has 248 valence electrons. The average Bonchev–Trinajstić information content (AvgIpc) is 3.24. The molecule has 1 aliphatic heterocycles. The van der Waals surface area contributed by atoms with E-state index in [9.17, 15) is 0 Å². The summed E-state index contributed by atoms with van der Waals surface area (Å²) in [6, 6.07) is 65.0. The van der Waals surface area contributed by atoms with Crippen LogP contribution in [0.15, 0.2) is 188 Å². The lowest BCUT2D eigenvalue weighted by atomic mass is 9.84. The normalized spacial score (nSPS) is 11.5. The summed E-state index contributed by atoms with van der Waals surface area (Å²) in [5.41, 5.74) is 11.2. The van der Waals surface area contributed by atoms with E-state index in [-0.39, 0.29) is 0 Å². The Kier molecular flexibility index (Phi) is 7.43. The summed E-state index contributed by atoms with van der Waals surface area (Å²) in [7, 11) is 0. The van der Waals surface area contributed by atoms with Gasteiger partial charge in [0.05, 0.1) is 0 Å². The van der Waals surface area contributed by atoms with Crippen molar-refractivity contribution in [3.05, 3.63) is 188 Å². The summed E-state index contributed by atoms with van der Waals surface area (Å²) in [5.74, 6) is 3.51. The molecule has 0 spiro atoms. The third-order valence-electron chi connectivity index (χ3n) is 9.92. The van der Waals surface area contributed by atoms with E-state index in [1.807, 2.05) is 66.7 Å². The van der Waals surface area contributed by atoms with Crippen LogP contribution in [0.25, 0.3) is 89.4 Å². The van der Waals surface area contributed by atoms with Crippen molar-refractivity contribution in [2.75, 3.05) is 0 Å². The van der Waals surface area contributed by atoms with Gasteiger partial charge in [0, 0.05) is 38.8 Å². The van der Waals surface area contributed by atoms with Crippen molar-refractivity contribution in [3.63, 3.8) is 0 Å². The van der Waals surface area contributed by atoms with Crippen LogP contribution in [0.2, 0.25) is 0 Å². The lowest BCUT2D eigenvalue weighted by Crippen LogP contribution is -2.03. The van der Waals surface area contributed by atoms with Gasteiger partial charge in [0.2, 0.25) is 0 Å². The van der Waals surface area contributed by atoms with Crippen LogP contribution in [-0.4, -0.2) is 15.0 Å². The van der Waals surface area contributed by atoms with Crippen molar-refractivity contribution in [1.29, 1.82) is 0 Å². The van der Waals surface area contributed by atoms with Crippen LogP contribution in [0.4, 0.5) is 0 Å². The zero-order chi connectivity index (χ0) is 35.1. The van der Waals surface area contributed by atoms with Crippen LogP contribution in [0.5, 0.6) is 11.5 Å². The van der Waals surface area contributed by atoms with E-state index in [1.54, 1.807) is 0 Å². The molecule has 0 bridgehead atoms. The van der Waals surface area contributed by atoms with Crippen molar-refractivity contribution in [2.45, 2.75) is 0 Å². The molecule has 4 heteroatoms. The topological polar surface area (TPSA) is 47.9 Å². The van der Waals surface area contributed by atoms with Gasteiger partial charge in [-0.15, -0.1) is 0 Å². The molecule has 0 fully saturated rings. The first-order valence-electron chi connectivity index (χ1n) is 17.8. The van der Waals surface area contributed by atoms with Crippen molar-refractivity contribution in [1.82, 2.24) is 15.0 Å². The average molecular weight is 678 g/mol. The molecule has 0 N–H and O–H groups in total. The predicted octanol–water partition coefficient (Wildman–Crippen LogP) is 12.8. The maximum atomic E-state index is 6.93. The van der Waals surface area contributed by atoms with Gasteiger partial charge in [0.1, 0.15) is 11.5 Å². The van der Waals surface area contributed by atoms with Gasteiger partial charge in [-0.1, -0.05) is 170 Å². The Labute approximate surface area is 307 Å². The molecule has 1 aromatic heterocycles. The standard InChI is InChI=1S/C49H31N3O/c1-5-16-32(17-6-1)37-30-41(40-28-15-27-39-38-26-13-24-34-25-14-29-43(45(34)38)53-46(39)40)44(33-18-7-2-8-19-33)42(31-37)49-51-47(35-20-9-3-10-21-35)50-48(52-49)36-22-11-4-12-23-36/h1-31H. The van der Waals surface area contributed by atoms with E-state index in [0.29, 0.717) is 17.5 Å². The Morgan fingerprint density at radius 1 is 0.321 bits per heavy atom. The molecule has 0 aliphatic carbocycles. The van der Waals surface area contributed by atoms with Crippen LogP contribution >= 0.6 is 0 Å². The van der Waals surface area contributed by atoms with E-state index in [4.69, 9.17) is 19.7 Å². The molecule has 1 aliphatic rings. The Morgan fingerprint density at radius 2 is 0.792 bits per heavy atom. The molecule has 0 saturated carbocycles. The van der Waals surface area contributed by atoms with E-state index in [1.165, 1.54) is 5.56 Å². The van der Waals surface area contributed by atoms with Crippen LogP contribution < -0.4 is 4.74 Å². The lowest BCUT2D eigenvalue weighted by molar-refractivity contribution is 0.489. The highest BCUT2D eigenvalue weighted by Crippen LogP contribution is 2.53. The number of hydrogen-bond acceptors (Lipinski definition) is 4. The Hall–Kier alpha value is -7.17. The molecule has 0 unspecified atom stereocenters. The van der Waals surface area contributed by atoms with Crippen molar-refractivity contribution in [2.24, 2.45) is 0 Å². The molecule has 53 heavy (non-hydrogen) atoms. The van der Waals surface area contributed by atoms with E-state index in [0.717, 1.165) is 77.9 Å². The number of rotatable bonds is 6. The van der Waals surface area contributed by atoms with Gasteiger partial charge in [-0.25, -0.2) is 15.0 Å². The van der Waals surface area contributed by atoms with Gasteiger partial charge in [-0.3, -0.25) is 0 Å². The minimum absolute atomic E-state index is 0.594. The van der Waals surface area contributed by atoms with Crippen LogP contribution in [0.1, 0.15) is 0 Å². The second kappa shape index (κ2) is 12.9. The first kappa shape index (κ1) is 30.6. The number of nitrogens with zero attached hydrogens (tertiary/aromatic N) is 3. The summed E-state index contributed by atoms with van der Waals surface area (Å²) >= 11 is 0. The quantitative estimate of drug-likeness (QED) is 0.176. The predicted molar refractivity (Wildman–Crippen MR) is 215 cm³/mol. The zero-order valence-corrected chi connectivity index (χ0v) is 28.6. The highest BCUT2D eigenvalue weighted by atomic mass is 16.5. The van der Waals surface area contributed by atoms with E-state index >= 15 is 0 Å². The number of hydrogen-bond donors (Lipinski definition) is 0. The summed E-state index contributed by atoms with van der Waals surface area (Å²) in [6.45, 7) is 0. The number of para-hydroxylation sites is 1. The van der Waals surface area contributed by atoms with E-state index in [2.05, 4.69) is 121 Å². The molecule has 4 nitrogen and oxygen atoms in total. The Morgan fingerprint density at radius 3 is 1.42 bits per heavy atom. The van der Waals surface area contributed by atoms with Gasteiger partial charge in [-0.2, -0.15) is 0 Å². The molecule has 0 amide bonds. The smallest absolute Gasteiger partial charge is 0.164 e. The first-order valence-corrected chi connectivity index (χ1v) is 17.8. The summed E-state index contributed by atoms with van der Waals surface area (Å²) < 4.78 is 6.93. The maximum Gasteiger partial charge on any atom is 0.164 e. The largest absolute Gasteiger partial charge is 0.455 e. The first-order chi connectivity index (χ1) is 26.3. The fourth-order valence-electron chi connectivity index (χ4n) is 7.47. The van der Waals surface area contributed by atoms with Crippen LogP contribution in [-0.2, 0) is 0 Å². The van der Waals surface area contributed by atoms with Gasteiger partial charge in [-0.05, 0) is 51.4 Å². The zero-order valence-electron chi connectivity index (χ0n) is 28.6. The van der Waals surface area contributed by atoms with Gasteiger partial charge >= 0.3 is 0 Å². The minimum Gasteiger partial charge on any atom is -0.455 e. The van der Waals surface area contributed by atoms with Gasteiger partial charge in [0.25, 0.3) is 0 Å². The minimum atomic E-state index is 0.594. The molecule has 0 atom stereocenters. The van der Waals surface area contributed by atoms with Crippen LogP contribution in [0.3, 0.4) is 0 Å². The molecular weight excluding hydrogens is 647 g/mol. The highest BCUT2D eigenvalue weighted by molar-refractivity contribution is 6.07. The van der Waals surface area contributed by atoms with E-state index < -0.39 is 0 Å². The van der Waals surface area contributed by atoms with Gasteiger partial charge < -0.3 is 4.74 Å². The monoisotopic (exact) mass is 677 g/mol. The third-order valence-corrected chi connectivity index (χ3v) is 9.92. The van der Waals surface area contributed by atoms with Crippen molar-refractivity contribution < 1.29 is 4.74 Å². The fraction of sp³-hybridized carbons (Fsp3) is 0. The van der Waals surface area contributed by atoms with Crippen LogP contribution in [0, 0.1) is 0 Å². The molecule has 0 radical (unpaired) electrons. The number of fused-ring (bicyclic) bond motifs is 2. The fourth-order valence-corrected chi connectivity index (χ4v) is 7.47. The number of ether oxygens (including phenoxy) is 1. The third kappa shape index (κ3) is 5.45. The number of aromatic nitrogens is 3. The summed E-state index contributed by atoms with van der Waals surface area (Å²) in [5, 5.41) is 2.29. The molecule has 10 rings (SSSR count). The second-order valence-corrected chi connectivity index (χ2v) is 13.2.